The highest BCUT2D eigenvalue weighted by Crippen LogP contribution is 2.20. The van der Waals surface area contributed by atoms with Gasteiger partial charge in [-0.3, -0.25) is 4.79 Å². The zero-order valence-corrected chi connectivity index (χ0v) is 10.1. The minimum Gasteiger partial charge on any atom is -0.481 e. The number of benzene rings is 1. The van der Waals surface area contributed by atoms with E-state index in [-0.39, 0.29) is 0 Å². The Bertz CT molecular complexity index is 593. The Morgan fingerprint density at radius 2 is 1.76 bits per heavy atom. The molecule has 17 heavy (non-hydrogen) atoms. The predicted molar refractivity (Wildman–Crippen MR) is 65.1 cm³/mol. The molecule has 0 aliphatic carbocycles. The second-order valence-corrected chi connectivity index (χ2v) is 4.20. The van der Waals surface area contributed by atoms with Crippen molar-refractivity contribution in [2.75, 3.05) is 0 Å². The second-order valence-electron chi connectivity index (χ2n) is 4.20. The van der Waals surface area contributed by atoms with Crippen LogP contribution in [0, 0.1) is 13.8 Å². The lowest BCUT2D eigenvalue weighted by molar-refractivity contribution is -0.138. The molecule has 1 aromatic carbocycles. The van der Waals surface area contributed by atoms with Gasteiger partial charge in [0.2, 0.25) is 0 Å². The monoisotopic (exact) mass is 230 g/mol. The van der Waals surface area contributed by atoms with E-state index >= 15 is 0 Å². The number of aryl methyl sites for hydroxylation is 2. The molecular formula is C13H14N2O2. The van der Waals surface area contributed by atoms with Crippen LogP contribution in [0.25, 0.3) is 11.0 Å². The Labute approximate surface area is 99.3 Å². The standard InChI is InChI=1S/C13H14N2O2/c1-7(13(16)17)10-4-5-11-12(6-10)15-9(3)8(2)14-11/h4-7H,1-3H3,(H,16,17). The topological polar surface area (TPSA) is 63.1 Å². The van der Waals surface area contributed by atoms with Crippen LogP contribution in [0.4, 0.5) is 0 Å². The first-order valence-corrected chi connectivity index (χ1v) is 5.46. The highest BCUT2D eigenvalue weighted by Gasteiger charge is 2.14. The van der Waals surface area contributed by atoms with Gasteiger partial charge in [0.1, 0.15) is 0 Å². The fourth-order valence-electron chi connectivity index (χ4n) is 1.66. The molecule has 4 nitrogen and oxygen atoms in total. The van der Waals surface area contributed by atoms with Crippen LogP contribution < -0.4 is 0 Å². The van der Waals surface area contributed by atoms with E-state index in [1.807, 2.05) is 19.9 Å². The van der Waals surface area contributed by atoms with Crippen molar-refractivity contribution in [3.05, 3.63) is 35.2 Å². The number of nitrogens with zero attached hydrogens (tertiary/aromatic N) is 2. The molecule has 0 radical (unpaired) electrons. The summed E-state index contributed by atoms with van der Waals surface area (Å²) in [5, 5.41) is 8.97. The van der Waals surface area contributed by atoms with Gasteiger partial charge in [0.15, 0.2) is 0 Å². The Morgan fingerprint density at radius 3 is 2.35 bits per heavy atom. The summed E-state index contributed by atoms with van der Waals surface area (Å²) >= 11 is 0. The first kappa shape index (κ1) is 11.5. The number of aromatic nitrogens is 2. The highest BCUT2D eigenvalue weighted by molar-refractivity contribution is 5.80. The van der Waals surface area contributed by atoms with Gasteiger partial charge in [-0.05, 0) is 38.5 Å². The summed E-state index contributed by atoms with van der Waals surface area (Å²) < 4.78 is 0. The number of carbonyl (C=O) groups is 1. The molecule has 0 bridgehead atoms. The lowest BCUT2D eigenvalue weighted by Gasteiger charge is -2.08. The van der Waals surface area contributed by atoms with Crippen LogP contribution in [0.3, 0.4) is 0 Å². The lowest BCUT2D eigenvalue weighted by Crippen LogP contribution is -2.07. The molecule has 0 saturated carbocycles. The Kier molecular flexibility index (Phi) is 2.79. The van der Waals surface area contributed by atoms with Gasteiger partial charge in [-0.2, -0.15) is 0 Å². The molecule has 1 N–H and O–H groups in total. The third-order valence-corrected chi connectivity index (χ3v) is 2.97. The maximum absolute atomic E-state index is 10.9. The van der Waals surface area contributed by atoms with Gasteiger partial charge in [0, 0.05) is 0 Å². The van der Waals surface area contributed by atoms with E-state index in [4.69, 9.17) is 5.11 Å². The maximum atomic E-state index is 10.9. The third-order valence-electron chi connectivity index (χ3n) is 2.97. The summed E-state index contributed by atoms with van der Waals surface area (Å²) in [6, 6.07) is 5.42. The number of hydrogen-bond donors (Lipinski definition) is 1. The Morgan fingerprint density at radius 1 is 1.18 bits per heavy atom. The van der Waals surface area contributed by atoms with Crippen LogP contribution in [0.5, 0.6) is 0 Å². The van der Waals surface area contributed by atoms with Crippen LogP contribution in [0.1, 0.15) is 29.8 Å². The van der Waals surface area contributed by atoms with Crippen molar-refractivity contribution < 1.29 is 9.90 Å². The summed E-state index contributed by atoms with van der Waals surface area (Å²) in [5.41, 5.74) is 4.07. The molecule has 0 fully saturated rings. The number of fused-ring (bicyclic) bond motifs is 1. The normalized spacial score (nSPS) is 12.6. The zero-order valence-electron chi connectivity index (χ0n) is 10.1. The largest absolute Gasteiger partial charge is 0.481 e. The molecule has 0 amide bonds. The van der Waals surface area contributed by atoms with Crippen LogP contribution in [0.2, 0.25) is 0 Å². The van der Waals surface area contributed by atoms with Crippen LogP contribution in [-0.4, -0.2) is 21.0 Å². The molecule has 1 heterocycles. The lowest BCUT2D eigenvalue weighted by atomic mass is 10.0. The van der Waals surface area contributed by atoms with E-state index in [1.54, 1.807) is 19.1 Å². The van der Waals surface area contributed by atoms with Crippen molar-refractivity contribution in [2.24, 2.45) is 0 Å². The SMILES string of the molecule is Cc1nc2ccc(C(C)C(=O)O)cc2nc1C. The van der Waals surface area contributed by atoms with Gasteiger partial charge >= 0.3 is 5.97 Å². The first-order valence-electron chi connectivity index (χ1n) is 5.46. The number of aliphatic carboxylic acids is 1. The quantitative estimate of drug-likeness (QED) is 0.860. The molecule has 2 rings (SSSR count). The van der Waals surface area contributed by atoms with E-state index in [2.05, 4.69) is 9.97 Å². The van der Waals surface area contributed by atoms with Crippen LogP contribution in [-0.2, 0) is 4.79 Å². The molecule has 1 atom stereocenters. The zero-order chi connectivity index (χ0) is 12.6. The van der Waals surface area contributed by atoms with Crippen molar-refractivity contribution in [2.45, 2.75) is 26.7 Å². The highest BCUT2D eigenvalue weighted by atomic mass is 16.4. The average molecular weight is 230 g/mol. The van der Waals surface area contributed by atoms with E-state index in [0.29, 0.717) is 0 Å². The molecular weight excluding hydrogens is 216 g/mol. The van der Waals surface area contributed by atoms with E-state index in [9.17, 15) is 4.79 Å². The summed E-state index contributed by atoms with van der Waals surface area (Å²) in [6.07, 6.45) is 0. The van der Waals surface area contributed by atoms with Crippen molar-refractivity contribution in [3.63, 3.8) is 0 Å². The minimum absolute atomic E-state index is 0.525. The van der Waals surface area contributed by atoms with E-state index in [0.717, 1.165) is 28.0 Å². The number of hydrogen-bond acceptors (Lipinski definition) is 3. The Balaban J connectivity index is 2.57. The van der Waals surface area contributed by atoms with Gasteiger partial charge < -0.3 is 5.11 Å². The van der Waals surface area contributed by atoms with Crippen molar-refractivity contribution in [3.8, 4) is 0 Å². The molecule has 1 unspecified atom stereocenters. The number of carboxylic acid groups (broad SMARTS) is 1. The average Bonchev–Trinajstić information content (AvgIpc) is 2.29. The van der Waals surface area contributed by atoms with E-state index < -0.39 is 11.9 Å². The maximum Gasteiger partial charge on any atom is 0.310 e. The van der Waals surface area contributed by atoms with Gasteiger partial charge in [-0.25, -0.2) is 9.97 Å². The van der Waals surface area contributed by atoms with Crippen molar-refractivity contribution in [1.29, 1.82) is 0 Å². The summed E-state index contributed by atoms with van der Waals surface area (Å²) in [6.45, 7) is 5.47. The Hall–Kier alpha value is -1.97. The molecule has 0 aliphatic heterocycles. The molecule has 1 aromatic heterocycles. The molecule has 4 heteroatoms. The molecule has 0 saturated heterocycles. The van der Waals surface area contributed by atoms with Gasteiger partial charge in [0.25, 0.3) is 0 Å². The fraction of sp³-hybridized carbons (Fsp3) is 0.308. The van der Waals surface area contributed by atoms with Gasteiger partial charge in [-0.1, -0.05) is 6.07 Å². The fourth-order valence-corrected chi connectivity index (χ4v) is 1.66. The van der Waals surface area contributed by atoms with Gasteiger partial charge in [-0.15, -0.1) is 0 Å². The smallest absolute Gasteiger partial charge is 0.310 e. The van der Waals surface area contributed by atoms with Crippen LogP contribution >= 0.6 is 0 Å². The van der Waals surface area contributed by atoms with Crippen molar-refractivity contribution >= 4 is 17.0 Å². The first-order chi connectivity index (χ1) is 7.99. The number of carboxylic acids is 1. The molecule has 2 aromatic rings. The van der Waals surface area contributed by atoms with Gasteiger partial charge in [0.05, 0.1) is 28.3 Å². The molecule has 88 valence electrons. The summed E-state index contributed by atoms with van der Waals surface area (Å²) in [5.74, 6) is -1.36. The second kappa shape index (κ2) is 4.13. The minimum atomic E-state index is -0.832. The van der Waals surface area contributed by atoms with Crippen molar-refractivity contribution in [1.82, 2.24) is 9.97 Å². The summed E-state index contributed by atoms with van der Waals surface area (Å²) in [4.78, 5) is 19.8. The third kappa shape index (κ3) is 2.11. The predicted octanol–water partition coefficient (Wildman–Crippen LogP) is 2.43. The number of rotatable bonds is 2. The molecule has 0 spiro atoms. The van der Waals surface area contributed by atoms with Crippen LogP contribution in [0.15, 0.2) is 18.2 Å². The van der Waals surface area contributed by atoms with E-state index in [1.165, 1.54) is 0 Å². The molecule has 0 aliphatic rings. The summed E-state index contributed by atoms with van der Waals surface area (Å²) in [7, 11) is 0.